The molecule has 28 heteroatoms. The van der Waals surface area contributed by atoms with Gasteiger partial charge in [-0.05, 0) is 130 Å². The van der Waals surface area contributed by atoms with Gasteiger partial charge in [0.2, 0.25) is 0 Å². The molecule has 2 saturated heterocycles. The molecule has 4 N–H and O–H groups in total. The molecule has 0 bridgehead atoms. The van der Waals surface area contributed by atoms with Gasteiger partial charge in [0.25, 0.3) is 19.9 Å². The van der Waals surface area contributed by atoms with Crippen LogP contribution in [0.25, 0.3) is 22.4 Å². The van der Waals surface area contributed by atoms with E-state index in [-0.39, 0.29) is 54.7 Å². The number of benzene rings is 5. The van der Waals surface area contributed by atoms with E-state index in [1.165, 1.54) is 36.0 Å². The lowest BCUT2D eigenvalue weighted by atomic mass is 9.82. The lowest BCUT2D eigenvalue weighted by molar-refractivity contribution is -0.164. The largest absolute Gasteiger partial charge is 0.501 e. The SMILES string of the molecule is Cc1c(S(C)(=O)=O)c(-c2cc(F)cc(N3CCN(c4ccc(NS(=O)(=O)c5ccc(N[C@H](CCN6CC(C)(C(=O)OCCPP(=O)(O)O)C6)CSc6ccccc6)c(S(=O)(=O)C(F)(F)F)c5)cc4)CC3)c2)c(-c2ccc(Cl)cc2)n1C(C)C. The van der Waals surface area contributed by atoms with Gasteiger partial charge in [-0.15, -0.1) is 11.8 Å². The zero-order chi connectivity index (χ0) is 60.5. The Bertz CT molecular complexity index is 3740. The lowest BCUT2D eigenvalue weighted by Gasteiger charge is -2.46. The Morgan fingerprint density at radius 1 is 0.855 bits per heavy atom. The maximum atomic E-state index is 15.8. The highest BCUT2D eigenvalue weighted by Gasteiger charge is 2.49. The number of hydrogen-bond acceptors (Lipinski definition) is 14. The van der Waals surface area contributed by atoms with E-state index < -0.39 is 89.5 Å². The van der Waals surface area contributed by atoms with E-state index in [4.69, 9.17) is 26.1 Å². The van der Waals surface area contributed by atoms with Crippen molar-refractivity contribution in [3.05, 3.63) is 132 Å². The summed E-state index contributed by atoms with van der Waals surface area (Å²) < 4.78 is 161. The third-order valence-corrected chi connectivity index (χ3v) is 22.5. The van der Waals surface area contributed by atoms with Crippen molar-refractivity contribution in [1.29, 1.82) is 0 Å². The number of aromatic nitrogens is 1. The first kappa shape index (κ1) is 63.8. The molecular weight excluding hydrogens is 1220 g/mol. The number of sulfone groups is 2. The van der Waals surface area contributed by atoms with Gasteiger partial charge in [-0.3, -0.25) is 14.1 Å². The predicted molar refractivity (Wildman–Crippen MR) is 320 cm³/mol. The molecule has 6 aromatic rings. The normalized spacial score (nSPS) is 15.9. The second-order valence-corrected chi connectivity index (χ2v) is 32.6. The third-order valence-electron chi connectivity index (χ3n) is 14.2. The van der Waals surface area contributed by atoms with Gasteiger partial charge < -0.3 is 39.1 Å². The van der Waals surface area contributed by atoms with Crippen LogP contribution in [-0.4, -0.2) is 133 Å². The van der Waals surface area contributed by atoms with Crippen LogP contribution >= 0.6 is 38.9 Å². The number of nitrogens with zero attached hydrogens (tertiary/aromatic N) is 4. The number of anilines is 4. The maximum Gasteiger partial charge on any atom is 0.501 e. The van der Waals surface area contributed by atoms with E-state index in [1.54, 1.807) is 68.4 Å². The van der Waals surface area contributed by atoms with Crippen LogP contribution in [0.2, 0.25) is 5.02 Å². The summed E-state index contributed by atoms with van der Waals surface area (Å²) in [6.07, 6.45) is 1.39. The van der Waals surface area contributed by atoms with Crippen LogP contribution in [-0.2, 0) is 43.8 Å². The molecule has 2 fully saturated rings. The summed E-state index contributed by atoms with van der Waals surface area (Å²) in [5.74, 6) is -0.871. The van der Waals surface area contributed by atoms with Crippen LogP contribution in [0.5, 0.6) is 0 Å². The summed E-state index contributed by atoms with van der Waals surface area (Å²) in [7, 11) is -19.6. The Kier molecular flexibility index (Phi) is 19.5. The van der Waals surface area contributed by atoms with Crippen molar-refractivity contribution in [2.75, 3.05) is 90.4 Å². The minimum atomic E-state index is -6.14. The number of nitrogens with one attached hydrogen (secondary N) is 2. The number of sulfonamides is 1. The minimum Gasteiger partial charge on any atom is -0.465 e. The van der Waals surface area contributed by atoms with Crippen molar-refractivity contribution in [2.24, 2.45) is 5.41 Å². The van der Waals surface area contributed by atoms with Gasteiger partial charge in [0.15, 0.2) is 9.84 Å². The van der Waals surface area contributed by atoms with Crippen molar-refractivity contribution in [3.63, 3.8) is 0 Å². The topological polar surface area (TPSA) is 225 Å². The second-order valence-electron chi connectivity index (χ2n) is 20.9. The van der Waals surface area contributed by atoms with E-state index in [1.807, 2.05) is 51.3 Å². The third kappa shape index (κ3) is 15.3. The standard InChI is InChI=1S/C55H63ClF4N6O11P2S4/c1-36(2)66-37(3)52(81(5,71)72)50(51(66)38-11-13-40(56)14-12-38)39-29-41(57)31-45(30-39)65-25-23-64(24-26-65)44-17-15-42(16-18-44)62-83(75,76)47-19-20-48(49(32-47)82(73,74)55(58,59)60)61-43(33-80-46-9-7-6-8-10-46)21-22-63-34-54(4,35-63)53(67)77-27-28-78-79(68,69)70/h6-20,29-32,36,43,61-62,78H,21-28,33-35H2,1-5H3,(H2,68,69,70)/t43-/m1/s1. The predicted octanol–water partition coefficient (Wildman–Crippen LogP) is 10.9. The summed E-state index contributed by atoms with van der Waals surface area (Å²) >= 11 is 7.60. The quantitative estimate of drug-likeness (QED) is 0.0154. The molecule has 2 aliphatic heterocycles. The number of carbonyl (C=O) groups excluding carboxylic acids is 1. The lowest BCUT2D eigenvalue weighted by Crippen LogP contribution is -2.59. The fourth-order valence-corrected chi connectivity index (χ4v) is 16.4. The molecule has 0 amide bonds. The van der Waals surface area contributed by atoms with Crippen molar-refractivity contribution in [3.8, 4) is 22.4 Å². The molecule has 17 nitrogen and oxygen atoms in total. The van der Waals surface area contributed by atoms with E-state index >= 15 is 4.39 Å². The summed E-state index contributed by atoms with van der Waals surface area (Å²) in [6.45, 7) is 9.66. The molecule has 5 aromatic carbocycles. The average molecular weight is 1290 g/mol. The number of rotatable bonds is 23. The highest BCUT2D eigenvalue weighted by molar-refractivity contribution is 8.19. The van der Waals surface area contributed by atoms with Crippen LogP contribution in [0.1, 0.15) is 38.9 Å². The molecule has 8 rings (SSSR count). The van der Waals surface area contributed by atoms with Crippen molar-refractivity contribution < 1.29 is 66.7 Å². The Labute approximate surface area is 491 Å². The van der Waals surface area contributed by atoms with Crippen LogP contribution in [0, 0.1) is 18.2 Å². The van der Waals surface area contributed by atoms with E-state index in [0.717, 1.165) is 23.3 Å². The summed E-state index contributed by atoms with van der Waals surface area (Å²) in [5.41, 5.74) is -3.38. The Morgan fingerprint density at radius 3 is 2.07 bits per heavy atom. The van der Waals surface area contributed by atoms with Crippen molar-refractivity contribution in [1.82, 2.24) is 9.47 Å². The van der Waals surface area contributed by atoms with Crippen LogP contribution in [0.4, 0.5) is 40.3 Å². The van der Waals surface area contributed by atoms with Crippen LogP contribution < -0.4 is 19.8 Å². The van der Waals surface area contributed by atoms with Gasteiger partial charge >= 0.3 is 18.8 Å². The van der Waals surface area contributed by atoms with Gasteiger partial charge in [0, 0.05) is 123 Å². The van der Waals surface area contributed by atoms with Crippen molar-refractivity contribution in [2.45, 2.75) is 71.3 Å². The molecular formula is C55H63ClF4N6O11P2S4. The van der Waals surface area contributed by atoms with Gasteiger partial charge in [0.05, 0.1) is 33.2 Å². The molecule has 2 atom stereocenters. The van der Waals surface area contributed by atoms with E-state index in [2.05, 4.69) is 10.0 Å². The summed E-state index contributed by atoms with van der Waals surface area (Å²) in [5, 5.41) is 3.45. The van der Waals surface area contributed by atoms with Gasteiger partial charge in [-0.2, -0.15) is 13.2 Å². The van der Waals surface area contributed by atoms with Gasteiger partial charge in [-0.25, -0.2) is 29.6 Å². The molecule has 0 radical (unpaired) electrons. The molecule has 0 saturated carbocycles. The summed E-state index contributed by atoms with van der Waals surface area (Å²) in [4.78, 5) is 35.8. The Balaban J connectivity index is 0.960. The molecule has 0 spiro atoms. The van der Waals surface area contributed by atoms with Crippen LogP contribution in [0.15, 0.2) is 135 Å². The number of likely N-dealkylation sites (tertiary alicyclic amines) is 1. The zero-order valence-electron chi connectivity index (χ0n) is 45.7. The molecule has 0 aliphatic carbocycles. The number of ether oxygens (including phenoxy) is 1. The number of carbonyl (C=O) groups is 1. The van der Waals surface area contributed by atoms with Gasteiger partial charge in [-0.1, -0.05) is 41.9 Å². The van der Waals surface area contributed by atoms with E-state index in [9.17, 15) is 47.8 Å². The second kappa shape index (κ2) is 25.4. The number of piperazine rings is 1. The van der Waals surface area contributed by atoms with Crippen molar-refractivity contribution >= 4 is 97.3 Å². The summed E-state index contributed by atoms with van der Waals surface area (Å²) in [6, 6.07) is 28.4. The van der Waals surface area contributed by atoms with E-state index in [0.29, 0.717) is 83.3 Å². The molecule has 83 heavy (non-hydrogen) atoms. The fraction of sp³-hybridized carbons (Fsp3) is 0.364. The first-order chi connectivity index (χ1) is 38.8. The first-order valence-electron chi connectivity index (χ1n) is 26.1. The number of alkyl halides is 3. The number of thioether (sulfide) groups is 1. The highest BCUT2D eigenvalue weighted by Crippen LogP contribution is 2.56. The Hall–Kier alpha value is -5.20. The molecule has 3 heterocycles. The first-order valence-corrected chi connectivity index (χ1v) is 36.0. The number of hydrogen-bond donors (Lipinski definition) is 4. The number of halogens is 5. The minimum absolute atomic E-state index is 0.00356. The van der Waals surface area contributed by atoms with Gasteiger partial charge in [0.1, 0.15) is 10.7 Å². The molecule has 448 valence electrons. The van der Waals surface area contributed by atoms with Crippen LogP contribution in [0.3, 0.4) is 0 Å². The molecule has 1 unspecified atom stereocenters. The molecule has 2 aliphatic rings. The Morgan fingerprint density at radius 2 is 1.48 bits per heavy atom. The highest BCUT2D eigenvalue weighted by atomic mass is 35.5. The smallest absolute Gasteiger partial charge is 0.465 e. The molecule has 1 aromatic heterocycles. The fourth-order valence-electron chi connectivity index (χ4n) is 10.4. The maximum absolute atomic E-state index is 15.8. The monoisotopic (exact) mass is 1280 g/mol. The number of esters is 1. The zero-order valence-corrected chi connectivity index (χ0v) is 51.6. The average Bonchev–Trinajstić information content (AvgIpc) is 3.96.